The van der Waals surface area contributed by atoms with Gasteiger partial charge in [0.05, 0.1) is 5.69 Å². The molecule has 0 unspecified atom stereocenters. The average molecular weight is 396 g/mol. The molecule has 4 aromatic rings. The molecule has 4 rings (SSSR count). The van der Waals surface area contributed by atoms with Crippen LogP contribution in [0.15, 0.2) is 69.9 Å². The van der Waals surface area contributed by atoms with Crippen LogP contribution in [-0.2, 0) is 6.54 Å². The number of halogens is 1. The van der Waals surface area contributed by atoms with Crippen molar-refractivity contribution in [2.45, 2.75) is 6.54 Å². The van der Waals surface area contributed by atoms with Crippen LogP contribution in [0.3, 0.4) is 0 Å². The first kappa shape index (κ1) is 15.6. The van der Waals surface area contributed by atoms with Crippen LogP contribution in [0.2, 0.25) is 0 Å². The Hall–Kier alpha value is -2.93. The van der Waals surface area contributed by atoms with E-state index in [1.165, 1.54) is 10.6 Å². The number of H-pyrrole nitrogens is 1. The van der Waals surface area contributed by atoms with E-state index in [4.69, 9.17) is 0 Å². The van der Waals surface area contributed by atoms with Gasteiger partial charge in [0.15, 0.2) is 0 Å². The van der Waals surface area contributed by atoms with Crippen LogP contribution < -0.4 is 10.9 Å². The number of rotatable bonds is 4. The van der Waals surface area contributed by atoms with Gasteiger partial charge in [-0.05, 0) is 17.7 Å². The van der Waals surface area contributed by atoms with Gasteiger partial charge in [-0.15, -0.1) is 0 Å². The molecule has 0 bridgehead atoms. The lowest BCUT2D eigenvalue weighted by Gasteiger charge is -2.02. The second-order valence-corrected chi connectivity index (χ2v) is 6.45. The Kier molecular flexibility index (Phi) is 4.07. The van der Waals surface area contributed by atoms with E-state index in [-0.39, 0.29) is 5.56 Å². The monoisotopic (exact) mass is 395 g/mol. The van der Waals surface area contributed by atoms with Crippen molar-refractivity contribution >= 4 is 27.7 Å². The first-order valence-corrected chi connectivity index (χ1v) is 8.52. The normalized spacial score (nSPS) is 10.9. The maximum Gasteiger partial charge on any atom is 0.274 e. The van der Waals surface area contributed by atoms with Gasteiger partial charge < -0.3 is 5.32 Å². The standard InChI is InChI=1S/C18H14BrN5O/c19-14-8-6-12(7-9-14)11-20-17-22-18-21-15(10-16(25)24(18)23-17)13-4-2-1-3-5-13/h1-10H,11H2,(H2,20,21,22,23). The Labute approximate surface area is 151 Å². The third kappa shape index (κ3) is 3.32. The lowest BCUT2D eigenvalue weighted by molar-refractivity contribution is 0.897. The van der Waals surface area contributed by atoms with Crippen molar-refractivity contribution < 1.29 is 0 Å². The molecule has 124 valence electrons. The summed E-state index contributed by atoms with van der Waals surface area (Å²) in [4.78, 5) is 21.2. The van der Waals surface area contributed by atoms with E-state index in [2.05, 4.69) is 36.3 Å². The molecular formula is C18H14BrN5O. The van der Waals surface area contributed by atoms with Crippen molar-refractivity contribution in [2.24, 2.45) is 0 Å². The SMILES string of the molecule is O=c1cc(-c2ccccc2)nc2nc(NCc3ccc(Br)cc3)[nH]n12. The second-order valence-electron chi connectivity index (χ2n) is 5.53. The van der Waals surface area contributed by atoms with Crippen LogP contribution >= 0.6 is 15.9 Å². The summed E-state index contributed by atoms with van der Waals surface area (Å²) >= 11 is 3.41. The number of nitrogens with one attached hydrogen (secondary N) is 2. The van der Waals surface area contributed by atoms with E-state index in [9.17, 15) is 4.79 Å². The summed E-state index contributed by atoms with van der Waals surface area (Å²) < 4.78 is 2.36. The number of aromatic amines is 1. The predicted octanol–water partition coefficient (Wildman–Crippen LogP) is 3.46. The van der Waals surface area contributed by atoms with Crippen molar-refractivity contribution in [3.05, 3.63) is 81.1 Å². The Morgan fingerprint density at radius 2 is 1.80 bits per heavy atom. The van der Waals surface area contributed by atoms with Gasteiger partial charge in [-0.1, -0.05) is 58.4 Å². The fourth-order valence-electron chi connectivity index (χ4n) is 2.50. The lowest BCUT2D eigenvalue weighted by atomic mass is 10.1. The quantitative estimate of drug-likeness (QED) is 0.554. The second kappa shape index (κ2) is 6.52. The minimum Gasteiger partial charge on any atom is -0.351 e. The summed E-state index contributed by atoms with van der Waals surface area (Å²) in [5.41, 5.74) is 2.40. The molecule has 0 aliphatic rings. The highest BCUT2D eigenvalue weighted by Gasteiger charge is 2.09. The van der Waals surface area contributed by atoms with Crippen LogP contribution in [0.5, 0.6) is 0 Å². The summed E-state index contributed by atoms with van der Waals surface area (Å²) in [7, 11) is 0. The Balaban J connectivity index is 1.62. The molecule has 0 atom stereocenters. The number of hydrogen-bond donors (Lipinski definition) is 2. The van der Waals surface area contributed by atoms with E-state index in [0.717, 1.165) is 15.6 Å². The summed E-state index contributed by atoms with van der Waals surface area (Å²) in [6.45, 7) is 0.591. The molecule has 2 heterocycles. The molecule has 0 spiro atoms. The number of nitrogens with zero attached hydrogens (tertiary/aromatic N) is 3. The topological polar surface area (TPSA) is 75.1 Å². The zero-order valence-electron chi connectivity index (χ0n) is 13.1. The zero-order chi connectivity index (χ0) is 17.2. The minimum atomic E-state index is -0.201. The lowest BCUT2D eigenvalue weighted by Crippen LogP contribution is -2.14. The van der Waals surface area contributed by atoms with Gasteiger partial charge in [0.25, 0.3) is 11.3 Å². The van der Waals surface area contributed by atoms with Gasteiger partial charge in [-0.2, -0.15) is 9.50 Å². The van der Waals surface area contributed by atoms with Crippen LogP contribution in [-0.4, -0.2) is 19.6 Å². The Morgan fingerprint density at radius 3 is 2.56 bits per heavy atom. The molecule has 25 heavy (non-hydrogen) atoms. The average Bonchev–Trinajstić information content (AvgIpc) is 3.06. The fraction of sp³-hybridized carbons (Fsp3) is 0.0556. The molecule has 0 aliphatic heterocycles. The highest BCUT2D eigenvalue weighted by molar-refractivity contribution is 9.10. The van der Waals surface area contributed by atoms with Crippen LogP contribution in [0.4, 0.5) is 5.95 Å². The highest BCUT2D eigenvalue weighted by atomic mass is 79.9. The van der Waals surface area contributed by atoms with Crippen molar-refractivity contribution in [1.82, 2.24) is 19.6 Å². The van der Waals surface area contributed by atoms with E-state index in [1.807, 2.05) is 54.6 Å². The fourth-order valence-corrected chi connectivity index (χ4v) is 2.77. The molecular weight excluding hydrogens is 382 g/mol. The molecule has 2 N–H and O–H groups in total. The van der Waals surface area contributed by atoms with Gasteiger partial charge >= 0.3 is 0 Å². The summed E-state index contributed by atoms with van der Waals surface area (Å²) in [5, 5.41) is 6.11. The van der Waals surface area contributed by atoms with Crippen LogP contribution in [0.1, 0.15) is 5.56 Å². The number of aromatic nitrogens is 4. The van der Waals surface area contributed by atoms with Crippen molar-refractivity contribution in [3.63, 3.8) is 0 Å². The molecule has 0 amide bonds. The first-order valence-electron chi connectivity index (χ1n) is 7.72. The third-order valence-electron chi connectivity index (χ3n) is 3.77. The summed E-state index contributed by atoms with van der Waals surface area (Å²) in [5.74, 6) is 0.836. The zero-order valence-corrected chi connectivity index (χ0v) is 14.7. The number of hydrogen-bond acceptors (Lipinski definition) is 4. The van der Waals surface area contributed by atoms with Gasteiger partial charge in [0, 0.05) is 22.6 Å². The van der Waals surface area contributed by atoms with Crippen LogP contribution in [0.25, 0.3) is 17.0 Å². The van der Waals surface area contributed by atoms with Gasteiger partial charge in [0.2, 0.25) is 5.95 Å². The highest BCUT2D eigenvalue weighted by Crippen LogP contribution is 2.16. The van der Waals surface area contributed by atoms with Gasteiger partial charge in [0.1, 0.15) is 0 Å². The van der Waals surface area contributed by atoms with Crippen LogP contribution in [0, 0.1) is 0 Å². The molecule has 2 aromatic carbocycles. The van der Waals surface area contributed by atoms with Crippen molar-refractivity contribution in [1.29, 1.82) is 0 Å². The molecule has 0 fully saturated rings. The molecule has 7 heteroatoms. The molecule has 6 nitrogen and oxygen atoms in total. The molecule has 0 aliphatic carbocycles. The molecule has 2 aromatic heterocycles. The predicted molar refractivity (Wildman–Crippen MR) is 101 cm³/mol. The van der Waals surface area contributed by atoms with Gasteiger partial charge in [-0.3, -0.25) is 9.89 Å². The Morgan fingerprint density at radius 1 is 1.04 bits per heavy atom. The van der Waals surface area contributed by atoms with Crippen molar-refractivity contribution in [3.8, 4) is 11.3 Å². The first-order chi connectivity index (χ1) is 12.2. The molecule has 0 saturated heterocycles. The van der Waals surface area contributed by atoms with Crippen molar-refractivity contribution in [2.75, 3.05) is 5.32 Å². The smallest absolute Gasteiger partial charge is 0.274 e. The van der Waals surface area contributed by atoms with E-state index in [0.29, 0.717) is 24.0 Å². The maximum atomic E-state index is 12.3. The van der Waals surface area contributed by atoms with E-state index >= 15 is 0 Å². The maximum absolute atomic E-state index is 12.3. The van der Waals surface area contributed by atoms with E-state index in [1.54, 1.807) is 0 Å². The number of fused-ring (bicyclic) bond motifs is 1. The molecule has 0 radical (unpaired) electrons. The summed E-state index contributed by atoms with van der Waals surface area (Å²) in [6, 6.07) is 19.1. The van der Waals surface area contributed by atoms with Gasteiger partial charge in [-0.25, -0.2) is 4.98 Å². The summed E-state index contributed by atoms with van der Waals surface area (Å²) in [6.07, 6.45) is 0. The minimum absolute atomic E-state index is 0.201. The number of benzene rings is 2. The Bertz CT molecular complexity index is 1070. The largest absolute Gasteiger partial charge is 0.351 e. The third-order valence-corrected chi connectivity index (χ3v) is 4.30. The molecule has 0 saturated carbocycles. The number of anilines is 1. The van der Waals surface area contributed by atoms with E-state index < -0.39 is 0 Å².